The van der Waals surface area contributed by atoms with Crippen LogP contribution in [0.2, 0.25) is 0 Å². The molecule has 3 aromatic rings. The van der Waals surface area contributed by atoms with E-state index in [-0.39, 0.29) is 17.4 Å². The lowest BCUT2D eigenvalue weighted by Crippen LogP contribution is -2.31. The quantitative estimate of drug-likeness (QED) is 0.575. The van der Waals surface area contributed by atoms with Gasteiger partial charge in [-0.1, -0.05) is 18.2 Å². The number of hydrogen-bond donors (Lipinski definition) is 2. The van der Waals surface area contributed by atoms with Gasteiger partial charge in [0, 0.05) is 18.2 Å². The van der Waals surface area contributed by atoms with Gasteiger partial charge in [-0.2, -0.15) is 0 Å². The summed E-state index contributed by atoms with van der Waals surface area (Å²) in [6, 6.07) is 13.5. The van der Waals surface area contributed by atoms with E-state index in [1.807, 2.05) is 42.5 Å². The van der Waals surface area contributed by atoms with Crippen molar-refractivity contribution in [3.8, 4) is 0 Å². The first kappa shape index (κ1) is 20.5. The molecule has 4 rings (SSSR count). The summed E-state index contributed by atoms with van der Waals surface area (Å²) in [5.41, 5.74) is 3.99. The van der Waals surface area contributed by atoms with Crippen molar-refractivity contribution in [2.75, 3.05) is 5.32 Å². The number of nitrogens with one attached hydrogen (secondary N) is 2. The van der Waals surface area contributed by atoms with Crippen LogP contribution in [0, 0.1) is 30.5 Å². The molecule has 0 radical (unpaired) electrons. The average Bonchev–Trinajstić information content (AvgIpc) is 2.74. The Labute approximate surface area is 181 Å². The highest BCUT2D eigenvalue weighted by molar-refractivity contribution is 7.71. The highest BCUT2D eigenvalue weighted by atomic mass is 32.1. The first-order chi connectivity index (χ1) is 14.4. The van der Waals surface area contributed by atoms with Crippen LogP contribution in [0.1, 0.15) is 36.8 Å². The van der Waals surface area contributed by atoms with Crippen LogP contribution >= 0.6 is 12.2 Å². The fourth-order valence-electron chi connectivity index (χ4n) is 4.29. The largest absolute Gasteiger partial charge is 0.332 e. The molecule has 1 aliphatic rings. The second-order valence-electron chi connectivity index (χ2n) is 8.40. The zero-order valence-electron chi connectivity index (χ0n) is 17.4. The Balaban J connectivity index is 1.40. The van der Waals surface area contributed by atoms with E-state index in [0.29, 0.717) is 22.6 Å². The molecule has 2 N–H and O–H groups in total. The van der Waals surface area contributed by atoms with Gasteiger partial charge in [-0.15, -0.1) is 0 Å². The van der Waals surface area contributed by atoms with Gasteiger partial charge in [0.1, 0.15) is 0 Å². The molecule has 1 aliphatic carbocycles. The molecule has 1 saturated carbocycles. The second-order valence-corrected chi connectivity index (χ2v) is 8.78. The molecule has 0 aliphatic heterocycles. The van der Waals surface area contributed by atoms with E-state index in [2.05, 4.69) is 24.1 Å². The molecule has 5 nitrogen and oxygen atoms in total. The number of hydrogen-bond acceptors (Lipinski definition) is 3. The Morgan fingerprint density at radius 3 is 2.57 bits per heavy atom. The lowest BCUT2D eigenvalue weighted by molar-refractivity contribution is -0.121. The van der Waals surface area contributed by atoms with E-state index in [1.165, 1.54) is 11.1 Å². The average molecular weight is 422 g/mol. The molecule has 1 amide bonds. The van der Waals surface area contributed by atoms with Gasteiger partial charge in [-0.25, -0.2) is 0 Å². The van der Waals surface area contributed by atoms with Gasteiger partial charge in [0.05, 0.1) is 10.9 Å². The predicted molar refractivity (Wildman–Crippen MR) is 123 cm³/mol. The summed E-state index contributed by atoms with van der Waals surface area (Å²) >= 11 is 5.44. The molecule has 156 valence electrons. The van der Waals surface area contributed by atoms with Crippen molar-refractivity contribution in [2.45, 2.75) is 46.1 Å². The minimum Gasteiger partial charge on any atom is -0.332 e. The molecule has 0 saturated heterocycles. The highest BCUT2D eigenvalue weighted by Gasteiger charge is 2.27. The summed E-state index contributed by atoms with van der Waals surface area (Å²) < 4.78 is 2.14. The van der Waals surface area contributed by atoms with Crippen LogP contribution in [-0.4, -0.2) is 15.5 Å². The third kappa shape index (κ3) is 4.24. The first-order valence-electron chi connectivity index (χ1n) is 10.5. The Bertz CT molecular complexity index is 1200. The van der Waals surface area contributed by atoms with Crippen molar-refractivity contribution in [1.29, 1.82) is 0 Å². The molecule has 0 unspecified atom stereocenters. The highest BCUT2D eigenvalue weighted by Crippen LogP contribution is 2.31. The third-order valence-corrected chi connectivity index (χ3v) is 6.64. The Kier molecular flexibility index (Phi) is 5.86. The maximum absolute atomic E-state index is 12.9. The molecule has 0 atom stereocenters. The fourth-order valence-corrected chi connectivity index (χ4v) is 4.56. The lowest BCUT2D eigenvalue weighted by atomic mass is 9.81. The number of para-hydroxylation sites is 1. The fraction of sp³-hybridized carbons (Fsp3) is 0.375. The van der Waals surface area contributed by atoms with Gasteiger partial charge in [-0.05, 0) is 93.1 Å². The normalized spacial score (nSPS) is 19.0. The van der Waals surface area contributed by atoms with Crippen LogP contribution in [0.3, 0.4) is 0 Å². The summed E-state index contributed by atoms with van der Waals surface area (Å²) in [6.45, 7) is 4.72. The zero-order valence-corrected chi connectivity index (χ0v) is 18.2. The lowest BCUT2D eigenvalue weighted by Gasteiger charge is -2.28. The molecule has 2 aromatic carbocycles. The van der Waals surface area contributed by atoms with E-state index in [4.69, 9.17) is 12.2 Å². The number of nitrogens with zero attached hydrogens (tertiary/aromatic N) is 1. The number of anilines is 1. The van der Waals surface area contributed by atoms with Crippen LogP contribution in [0.4, 0.5) is 5.69 Å². The van der Waals surface area contributed by atoms with Gasteiger partial charge in [0.15, 0.2) is 4.77 Å². The SMILES string of the molecule is Cc1ccc(NC(=O)C2CCC(Cn3c(=S)[nH]c4ccccc4c3=O)CC2)cc1C. The summed E-state index contributed by atoms with van der Waals surface area (Å²) in [7, 11) is 0. The van der Waals surface area contributed by atoms with Crippen molar-refractivity contribution in [1.82, 2.24) is 9.55 Å². The number of carbonyl (C=O) groups excluding carboxylic acids is 1. The minimum atomic E-state index is -0.0380. The Hall–Kier alpha value is -2.73. The van der Waals surface area contributed by atoms with E-state index >= 15 is 0 Å². The van der Waals surface area contributed by atoms with E-state index in [0.717, 1.165) is 36.9 Å². The van der Waals surface area contributed by atoms with Crippen LogP contribution in [0.15, 0.2) is 47.3 Å². The number of aromatic nitrogens is 2. The maximum atomic E-state index is 12.9. The van der Waals surface area contributed by atoms with Crippen LogP contribution in [0.25, 0.3) is 10.9 Å². The molecular formula is C24H27N3O2S. The van der Waals surface area contributed by atoms with Crippen molar-refractivity contribution in [3.05, 3.63) is 68.7 Å². The van der Waals surface area contributed by atoms with E-state index in [1.54, 1.807) is 4.57 Å². The number of rotatable bonds is 4. The first-order valence-corrected chi connectivity index (χ1v) is 10.9. The van der Waals surface area contributed by atoms with Gasteiger partial charge in [-0.3, -0.25) is 14.2 Å². The number of H-pyrrole nitrogens is 1. The minimum absolute atomic E-state index is 0.0192. The number of amides is 1. The Morgan fingerprint density at radius 2 is 1.83 bits per heavy atom. The molecule has 0 bridgehead atoms. The second kappa shape index (κ2) is 8.56. The monoisotopic (exact) mass is 421 g/mol. The van der Waals surface area contributed by atoms with Crippen molar-refractivity contribution in [2.24, 2.45) is 11.8 Å². The summed E-state index contributed by atoms with van der Waals surface area (Å²) in [5, 5.41) is 3.73. The number of fused-ring (bicyclic) bond motifs is 1. The topological polar surface area (TPSA) is 66.9 Å². The van der Waals surface area contributed by atoms with Crippen molar-refractivity contribution in [3.63, 3.8) is 0 Å². The molecule has 1 aromatic heterocycles. The van der Waals surface area contributed by atoms with Gasteiger partial charge >= 0.3 is 0 Å². The summed E-state index contributed by atoms with van der Waals surface area (Å²) in [6.07, 6.45) is 3.50. The maximum Gasteiger partial charge on any atom is 0.262 e. The van der Waals surface area contributed by atoms with Crippen LogP contribution in [-0.2, 0) is 11.3 Å². The predicted octanol–water partition coefficient (Wildman–Crippen LogP) is 5.12. The third-order valence-electron chi connectivity index (χ3n) is 6.32. The molecule has 1 heterocycles. The molecular weight excluding hydrogens is 394 g/mol. The van der Waals surface area contributed by atoms with Gasteiger partial charge in [0.25, 0.3) is 5.56 Å². The van der Waals surface area contributed by atoms with Crippen molar-refractivity contribution < 1.29 is 4.79 Å². The molecule has 6 heteroatoms. The molecule has 0 spiro atoms. The number of carbonyl (C=O) groups is 1. The zero-order chi connectivity index (χ0) is 21.3. The number of aryl methyl sites for hydroxylation is 2. The standard InChI is InChI=1S/C24H27N3O2S/c1-15-7-12-19(13-16(15)2)25-22(28)18-10-8-17(9-11-18)14-27-23(29)20-5-3-4-6-21(20)26-24(27)30/h3-7,12-13,17-18H,8-11,14H2,1-2H3,(H,25,28)(H,26,30). The molecule has 30 heavy (non-hydrogen) atoms. The molecule has 1 fully saturated rings. The number of benzene rings is 2. The van der Waals surface area contributed by atoms with Gasteiger partial charge < -0.3 is 10.3 Å². The van der Waals surface area contributed by atoms with E-state index in [9.17, 15) is 9.59 Å². The number of aromatic amines is 1. The van der Waals surface area contributed by atoms with Crippen molar-refractivity contribution >= 4 is 34.7 Å². The van der Waals surface area contributed by atoms with Gasteiger partial charge in [0.2, 0.25) is 5.91 Å². The summed E-state index contributed by atoms with van der Waals surface area (Å²) in [5.74, 6) is 0.465. The van der Waals surface area contributed by atoms with Crippen LogP contribution < -0.4 is 10.9 Å². The van der Waals surface area contributed by atoms with Crippen LogP contribution in [0.5, 0.6) is 0 Å². The smallest absolute Gasteiger partial charge is 0.262 e. The summed E-state index contributed by atoms with van der Waals surface area (Å²) in [4.78, 5) is 28.7. The Morgan fingerprint density at radius 1 is 1.10 bits per heavy atom. The van der Waals surface area contributed by atoms with E-state index < -0.39 is 0 Å².